The second-order valence-electron chi connectivity index (χ2n) is 8.91. The number of amides is 1. The van der Waals surface area contributed by atoms with Crippen LogP contribution < -0.4 is 10.6 Å². The molecular formula is C29H34N4O. The average molecular weight is 455 g/mol. The van der Waals surface area contributed by atoms with Gasteiger partial charge >= 0.3 is 0 Å². The van der Waals surface area contributed by atoms with E-state index in [0.29, 0.717) is 25.9 Å². The Morgan fingerprint density at radius 3 is 2.12 bits per heavy atom. The maximum absolute atomic E-state index is 12.4. The maximum atomic E-state index is 12.4. The van der Waals surface area contributed by atoms with Gasteiger partial charge in [-0.25, -0.2) is 0 Å². The molecule has 0 spiro atoms. The van der Waals surface area contributed by atoms with E-state index in [4.69, 9.17) is 0 Å². The minimum absolute atomic E-state index is 0.0372. The van der Waals surface area contributed by atoms with Gasteiger partial charge in [0.15, 0.2) is 0 Å². The number of nitrogens with zero attached hydrogens (tertiary/aromatic N) is 2. The second-order valence-corrected chi connectivity index (χ2v) is 8.91. The molecule has 3 rings (SSSR count). The van der Waals surface area contributed by atoms with Gasteiger partial charge in [0.05, 0.1) is 18.3 Å². The molecule has 2 N–H and O–H groups in total. The minimum Gasteiger partial charge on any atom is -0.355 e. The van der Waals surface area contributed by atoms with Crippen molar-refractivity contribution in [3.63, 3.8) is 0 Å². The van der Waals surface area contributed by atoms with Gasteiger partial charge in [0.2, 0.25) is 5.91 Å². The number of nitrogens with one attached hydrogen (secondary N) is 2. The van der Waals surface area contributed by atoms with Gasteiger partial charge in [-0.05, 0) is 42.0 Å². The number of nitriles is 1. The number of hydrogen-bond acceptors (Lipinski definition) is 4. The molecule has 1 atom stereocenters. The zero-order valence-electron chi connectivity index (χ0n) is 20.1. The average Bonchev–Trinajstić information content (AvgIpc) is 2.88. The highest BCUT2D eigenvalue weighted by molar-refractivity contribution is 5.77. The summed E-state index contributed by atoms with van der Waals surface area (Å²) in [4.78, 5) is 16.9. The van der Waals surface area contributed by atoms with Crippen molar-refractivity contribution in [2.45, 2.75) is 38.0 Å². The van der Waals surface area contributed by atoms with Crippen LogP contribution >= 0.6 is 0 Å². The number of hydrogen-bond donors (Lipinski definition) is 2. The summed E-state index contributed by atoms with van der Waals surface area (Å²) in [6.07, 6.45) is 3.09. The minimum atomic E-state index is -0.650. The molecule has 5 heteroatoms. The summed E-state index contributed by atoms with van der Waals surface area (Å²) < 4.78 is 0. The lowest BCUT2D eigenvalue weighted by Crippen LogP contribution is -2.37. The van der Waals surface area contributed by atoms with Crippen LogP contribution in [0.25, 0.3) is 0 Å². The van der Waals surface area contributed by atoms with Crippen LogP contribution in [0, 0.1) is 17.2 Å². The van der Waals surface area contributed by atoms with E-state index >= 15 is 0 Å². The molecule has 0 aliphatic carbocycles. The number of rotatable bonds is 12. The van der Waals surface area contributed by atoms with Gasteiger partial charge in [-0.15, -0.1) is 0 Å². The molecular weight excluding hydrogens is 420 g/mol. The number of carbonyl (C=O) groups is 1. The van der Waals surface area contributed by atoms with E-state index < -0.39 is 5.41 Å². The summed E-state index contributed by atoms with van der Waals surface area (Å²) in [6, 6.07) is 28.9. The van der Waals surface area contributed by atoms with Crippen molar-refractivity contribution in [2.75, 3.05) is 19.6 Å². The van der Waals surface area contributed by atoms with E-state index in [0.717, 1.165) is 5.69 Å². The van der Waals surface area contributed by atoms with Gasteiger partial charge in [0.25, 0.3) is 0 Å². The lowest BCUT2D eigenvalue weighted by molar-refractivity contribution is -0.120. The van der Waals surface area contributed by atoms with Crippen molar-refractivity contribution < 1.29 is 4.79 Å². The molecule has 1 amide bonds. The van der Waals surface area contributed by atoms with E-state index in [1.807, 2.05) is 54.6 Å². The lowest BCUT2D eigenvalue weighted by atomic mass is 9.72. The van der Waals surface area contributed by atoms with Crippen molar-refractivity contribution in [1.82, 2.24) is 15.6 Å². The maximum Gasteiger partial charge on any atom is 0.233 e. The van der Waals surface area contributed by atoms with E-state index in [1.165, 1.54) is 11.1 Å². The summed E-state index contributed by atoms with van der Waals surface area (Å²) in [5.41, 5.74) is 2.59. The highest BCUT2D eigenvalue weighted by Crippen LogP contribution is 2.35. The summed E-state index contributed by atoms with van der Waals surface area (Å²) >= 11 is 0. The lowest BCUT2D eigenvalue weighted by Gasteiger charge is -2.30. The molecule has 5 nitrogen and oxygen atoms in total. The standard InChI is InChI=1S/C29H34N4O/c1-23(2)29(22-30,27-16-9-10-18-32-27)17-11-19-33-28(34)21-31-20-26(24-12-5-3-6-13-24)25-14-7-4-8-15-25/h3-10,12-16,18,23,26,31H,11,17,19-21H2,1-2H3,(H,33,34). The zero-order valence-corrected chi connectivity index (χ0v) is 20.1. The Morgan fingerprint density at radius 1 is 0.971 bits per heavy atom. The molecule has 176 valence electrons. The third-order valence-electron chi connectivity index (χ3n) is 6.42. The number of pyridine rings is 1. The molecule has 2 aromatic carbocycles. The van der Waals surface area contributed by atoms with E-state index in [9.17, 15) is 10.1 Å². The molecule has 0 saturated carbocycles. The molecule has 1 heterocycles. The van der Waals surface area contributed by atoms with Crippen molar-refractivity contribution in [3.8, 4) is 6.07 Å². The largest absolute Gasteiger partial charge is 0.355 e. The first-order valence-corrected chi connectivity index (χ1v) is 12.0. The van der Waals surface area contributed by atoms with Gasteiger partial charge in [-0.3, -0.25) is 9.78 Å². The van der Waals surface area contributed by atoms with Crippen LogP contribution in [0.1, 0.15) is 49.4 Å². The summed E-state index contributed by atoms with van der Waals surface area (Å²) in [5, 5.41) is 16.3. The Kier molecular flexibility index (Phi) is 9.37. The Balaban J connectivity index is 1.49. The van der Waals surface area contributed by atoms with Crippen LogP contribution in [0.3, 0.4) is 0 Å². The van der Waals surface area contributed by atoms with Crippen LogP contribution in [0.4, 0.5) is 0 Å². The van der Waals surface area contributed by atoms with Crippen molar-refractivity contribution >= 4 is 5.91 Å². The summed E-state index contributed by atoms with van der Waals surface area (Å²) in [6.45, 7) is 5.56. The van der Waals surface area contributed by atoms with Gasteiger partial charge in [0, 0.05) is 25.2 Å². The normalized spacial score (nSPS) is 12.8. The first-order chi connectivity index (χ1) is 16.6. The van der Waals surface area contributed by atoms with E-state index in [2.05, 4.69) is 59.8 Å². The molecule has 1 aromatic heterocycles. The molecule has 0 aliphatic rings. The zero-order chi connectivity index (χ0) is 24.2. The molecule has 34 heavy (non-hydrogen) atoms. The first kappa shape index (κ1) is 25.1. The van der Waals surface area contributed by atoms with Crippen LogP contribution in [-0.4, -0.2) is 30.5 Å². The predicted molar refractivity (Wildman–Crippen MR) is 136 cm³/mol. The van der Waals surface area contributed by atoms with Gasteiger partial charge in [-0.2, -0.15) is 5.26 Å². The van der Waals surface area contributed by atoms with Crippen molar-refractivity contribution in [3.05, 3.63) is 102 Å². The van der Waals surface area contributed by atoms with Gasteiger partial charge in [0.1, 0.15) is 5.41 Å². The quantitative estimate of drug-likeness (QED) is 0.385. The Bertz CT molecular complexity index is 1010. The monoisotopic (exact) mass is 454 g/mol. The fourth-order valence-corrected chi connectivity index (χ4v) is 4.37. The van der Waals surface area contributed by atoms with Crippen LogP contribution in [0.2, 0.25) is 0 Å². The van der Waals surface area contributed by atoms with Gasteiger partial charge in [-0.1, -0.05) is 80.6 Å². The predicted octanol–water partition coefficient (Wildman–Crippen LogP) is 4.82. The molecule has 3 aromatic rings. The highest BCUT2D eigenvalue weighted by Gasteiger charge is 2.36. The smallest absolute Gasteiger partial charge is 0.233 e. The molecule has 0 saturated heterocycles. The Labute approximate surface area is 203 Å². The van der Waals surface area contributed by atoms with E-state index in [1.54, 1.807) is 6.20 Å². The van der Waals surface area contributed by atoms with Crippen molar-refractivity contribution in [2.24, 2.45) is 5.92 Å². The molecule has 0 radical (unpaired) electrons. The summed E-state index contributed by atoms with van der Waals surface area (Å²) in [5.74, 6) is 0.262. The van der Waals surface area contributed by atoms with E-state index in [-0.39, 0.29) is 24.3 Å². The van der Waals surface area contributed by atoms with Crippen LogP contribution in [-0.2, 0) is 10.2 Å². The SMILES string of the molecule is CC(C)C(C#N)(CCCNC(=O)CNCC(c1ccccc1)c1ccccc1)c1ccccn1. The van der Waals surface area contributed by atoms with Crippen LogP contribution in [0.15, 0.2) is 85.1 Å². The Hall–Kier alpha value is -3.49. The number of carbonyl (C=O) groups excluding carboxylic acids is 1. The fourth-order valence-electron chi connectivity index (χ4n) is 4.37. The van der Waals surface area contributed by atoms with Crippen molar-refractivity contribution in [1.29, 1.82) is 5.26 Å². The molecule has 0 aliphatic heterocycles. The van der Waals surface area contributed by atoms with Gasteiger partial charge < -0.3 is 10.6 Å². The first-order valence-electron chi connectivity index (χ1n) is 12.0. The third kappa shape index (κ3) is 6.52. The number of aromatic nitrogens is 1. The fraction of sp³-hybridized carbons (Fsp3) is 0.345. The molecule has 1 unspecified atom stereocenters. The summed E-state index contributed by atoms with van der Waals surface area (Å²) in [7, 11) is 0. The molecule has 0 bridgehead atoms. The molecule has 0 fully saturated rings. The third-order valence-corrected chi connectivity index (χ3v) is 6.42. The topological polar surface area (TPSA) is 77.8 Å². The van der Waals surface area contributed by atoms with Crippen LogP contribution in [0.5, 0.6) is 0 Å². The Morgan fingerprint density at radius 2 is 1.59 bits per heavy atom. The highest BCUT2D eigenvalue weighted by atomic mass is 16.1. The second kappa shape index (κ2) is 12.7. The number of benzene rings is 2.